The highest BCUT2D eigenvalue weighted by Gasteiger charge is 2.08. The smallest absolute Gasteiger partial charge is 0.143 e. The van der Waals surface area contributed by atoms with Crippen molar-refractivity contribution < 1.29 is 4.74 Å². The normalized spacial score (nSPS) is 10.7. The molecule has 1 aromatic carbocycles. The molecule has 2 nitrogen and oxygen atoms in total. The first-order valence-corrected chi connectivity index (χ1v) is 5.52. The summed E-state index contributed by atoms with van der Waals surface area (Å²) in [5, 5.41) is 1.07. The van der Waals surface area contributed by atoms with Crippen molar-refractivity contribution in [3.8, 4) is 5.75 Å². The number of halogens is 1. The average Bonchev–Trinajstić information content (AvgIpc) is 2.52. The zero-order valence-corrected chi connectivity index (χ0v) is 9.28. The molecule has 0 saturated carbocycles. The summed E-state index contributed by atoms with van der Waals surface area (Å²) >= 11 is 7.39. The number of hydrogen-bond acceptors (Lipinski definition) is 3. The highest BCUT2D eigenvalue weighted by atomic mass is 35.5. The minimum Gasteiger partial charge on any atom is -0.492 e. The molecule has 0 aliphatic carbocycles. The lowest BCUT2D eigenvalue weighted by molar-refractivity contribution is 0.342. The van der Waals surface area contributed by atoms with Crippen LogP contribution in [0.15, 0.2) is 18.2 Å². The summed E-state index contributed by atoms with van der Waals surface area (Å²) in [5.41, 5.74) is 6.63. The van der Waals surface area contributed by atoms with E-state index in [1.54, 1.807) is 0 Å². The molecule has 0 atom stereocenters. The van der Waals surface area contributed by atoms with Gasteiger partial charge in [0.15, 0.2) is 0 Å². The second-order valence-corrected chi connectivity index (χ2v) is 4.56. The van der Waals surface area contributed by atoms with Gasteiger partial charge in [0.05, 0.1) is 21.3 Å². The van der Waals surface area contributed by atoms with Gasteiger partial charge in [-0.25, -0.2) is 0 Å². The molecule has 4 heteroatoms. The summed E-state index contributed by atoms with van der Waals surface area (Å²) in [6.07, 6.45) is 0. The Hall–Kier alpha value is -0.930. The van der Waals surface area contributed by atoms with E-state index in [-0.39, 0.29) is 0 Å². The Labute approximate surface area is 91.2 Å². The van der Waals surface area contributed by atoms with Crippen LogP contribution >= 0.6 is 22.9 Å². The topological polar surface area (TPSA) is 35.2 Å². The molecule has 2 N–H and O–H groups in total. The monoisotopic (exact) mass is 227 g/mol. The van der Waals surface area contributed by atoms with Crippen molar-refractivity contribution in [2.45, 2.75) is 6.92 Å². The maximum atomic E-state index is 5.95. The first kappa shape index (κ1) is 9.62. The number of nitrogens with two attached hydrogens (primary N) is 1. The van der Waals surface area contributed by atoms with E-state index in [1.807, 2.05) is 25.1 Å². The van der Waals surface area contributed by atoms with E-state index in [4.69, 9.17) is 22.1 Å². The van der Waals surface area contributed by atoms with Crippen LogP contribution < -0.4 is 10.5 Å². The Morgan fingerprint density at radius 3 is 3.00 bits per heavy atom. The SMILES string of the molecule is CCOc1ccc2cc(Cl)sc2c1N. The van der Waals surface area contributed by atoms with Gasteiger partial charge < -0.3 is 10.5 Å². The minimum absolute atomic E-state index is 0.620. The van der Waals surface area contributed by atoms with Crippen molar-refractivity contribution >= 4 is 38.7 Å². The molecule has 1 aromatic heterocycles. The summed E-state index contributed by atoms with van der Waals surface area (Å²) in [5.74, 6) is 0.735. The second kappa shape index (κ2) is 3.67. The fourth-order valence-corrected chi connectivity index (χ4v) is 2.54. The zero-order chi connectivity index (χ0) is 10.1. The maximum absolute atomic E-state index is 5.95. The van der Waals surface area contributed by atoms with Gasteiger partial charge in [0.2, 0.25) is 0 Å². The van der Waals surface area contributed by atoms with Crippen molar-refractivity contribution in [2.24, 2.45) is 0 Å². The van der Waals surface area contributed by atoms with Crippen LogP contribution in [0, 0.1) is 0 Å². The van der Waals surface area contributed by atoms with Crippen LogP contribution in [-0.2, 0) is 0 Å². The van der Waals surface area contributed by atoms with Gasteiger partial charge in [-0.3, -0.25) is 0 Å². The van der Waals surface area contributed by atoms with Gasteiger partial charge in [-0.15, -0.1) is 11.3 Å². The minimum atomic E-state index is 0.620. The molecule has 0 aliphatic rings. The van der Waals surface area contributed by atoms with Crippen LogP contribution in [0.5, 0.6) is 5.75 Å². The third kappa shape index (κ3) is 1.53. The van der Waals surface area contributed by atoms with Gasteiger partial charge in [0, 0.05) is 0 Å². The van der Waals surface area contributed by atoms with E-state index in [0.717, 1.165) is 20.2 Å². The van der Waals surface area contributed by atoms with Crippen molar-refractivity contribution in [3.63, 3.8) is 0 Å². The number of nitrogen functional groups attached to an aromatic ring is 1. The Kier molecular flexibility index (Phi) is 2.52. The average molecular weight is 228 g/mol. The van der Waals surface area contributed by atoms with Gasteiger partial charge in [0.1, 0.15) is 5.75 Å². The van der Waals surface area contributed by atoms with E-state index in [1.165, 1.54) is 11.3 Å². The van der Waals surface area contributed by atoms with E-state index < -0.39 is 0 Å². The summed E-state index contributed by atoms with van der Waals surface area (Å²) in [7, 11) is 0. The van der Waals surface area contributed by atoms with Crippen LogP contribution in [0.4, 0.5) is 5.69 Å². The van der Waals surface area contributed by atoms with E-state index in [9.17, 15) is 0 Å². The number of thiophene rings is 1. The van der Waals surface area contributed by atoms with Gasteiger partial charge >= 0.3 is 0 Å². The molecule has 0 saturated heterocycles. The van der Waals surface area contributed by atoms with Gasteiger partial charge in [0.25, 0.3) is 0 Å². The van der Waals surface area contributed by atoms with Crippen LogP contribution in [-0.4, -0.2) is 6.61 Å². The lowest BCUT2D eigenvalue weighted by Crippen LogP contribution is -1.96. The molecule has 2 aromatic rings. The van der Waals surface area contributed by atoms with Gasteiger partial charge in [-0.2, -0.15) is 0 Å². The summed E-state index contributed by atoms with van der Waals surface area (Å²) < 4.78 is 7.14. The van der Waals surface area contributed by atoms with Crippen LogP contribution in [0.25, 0.3) is 10.1 Å². The Balaban J connectivity index is 2.61. The van der Waals surface area contributed by atoms with Crippen LogP contribution in [0.1, 0.15) is 6.92 Å². The molecule has 74 valence electrons. The van der Waals surface area contributed by atoms with E-state index in [2.05, 4.69) is 0 Å². The molecule has 2 rings (SSSR count). The quantitative estimate of drug-likeness (QED) is 0.797. The third-order valence-corrected chi connectivity index (χ3v) is 3.27. The number of ether oxygens (including phenoxy) is 1. The number of hydrogen-bond donors (Lipinski definition) is 1. The first-order chi connectivity index (χ1) is 6.72. The molecule has 14 heavy (non-hydrogen) atoms. The highest BCUT2D eigenvalue weighted by molar-refractivity contribution is 7.23. The Bertz CT molecular complexity index is 466. The van der Waals surface area contributed by atoms with Crippen LogP contribution in [0.3, 0.4) is 0 Å². The summed E-state index contributed by atoms with van der Waals surface area (Å²) in [6, 6.07) is 5.76. The van der Waals surface area contributed by atoms with Crippen molar-refractivity contribution in [2.75, 3.05) is 12.3 Å². The van der Waals surface area contributed by atoms with Crippen molar-refractivity contribution in [1.29, 1.82) is 0 Å². The molecular formula is C10H10ClNOS. The molecule has 0 unspecified atom stereocenters. The number of rotatable bonds is 2. The molecule has 0 aliphatic heterocycles. The van der Waals surface area contributed by atoms with Crippen LogP contribution in [0.2, 0.25) is 4.34 Å². The fraction of sp³-hybridized carbons (Fsp3) is 0.200. The predicted octanol–water partition coefficient (Wildman–Crippen LogP) is 3.54. The second-order valence-electron chi connectivity index (χ2n) is 2.88. The summed E-state index contributed by atoms with van der Waals surface area (Å²) in [6.45, 7) is 2.56. The fourth-order valence-electron chi connectivity index (χ4n) is 1.36. The van der Waals surface area contributed by atoms with Crippen molar-refractivity contribution in [1.82, 2.24) is 0 Å². The number of benzene rings is 1. The molecule has 0 fully saturated rings. The number of fused-ring (bicyclic) bond motifs is 1. The lowest BCUT2D eigenvalue weighted by atomic mass is 10.2. The van der Waals surface area contributed by atoms with Gasteiger partial charge in [-0.1, -0.05) is 11.6 Å². The molecule has 1 heterocycles. The van der Waals surface area contributed by atoms with E-state index >= 15 is 0 Å². The predicted molar refractivity (Wildman–Crippen MR) is 62.4 cm³/mol. The highest BCUT2D eigenvalue weighted by Crippen LogP contribution is 2.38. The summed E-state index contributed by atoms with van der Waals surface area (Å²) in [4.78, 5) is 0. The Morgan fingerprint density at radius 2 is 2.29 bits per heavy atom. The maximum Gasteiger partial charge on any atom is 0.143 e. The zero-order valence-electron chi connectivity index (χ0n) is 7.71. The molecule has 0 spiro atoms. The van der Waals surface area contributed by atoms with E-state index in [0.29, 0.717) is 12.3 Å². The van der Waals surface area contributed by atoms with Gasteiger partial charge in [-0.05, 0) is 30.5 Å². The molecular weight excluding hydrogens is 218 g/mol. The molecule has 0 amide bonds. The standard InChI is InChI=1S/C10H10ClNOS/c1-2-13-7-4-3-6-5-8(11)14-10(6)9(7)12/h3-5H,2,12H2,1H3. The largest absolute Gasteiger partial charge is 0.492 e. The molecule has 0 bridgehead atoms. The first-order valence-electron chi connectivity index (χ1n) is 4.32. The Morgan fingerprint density at radius 1 is 1.50 bits per heavy atom. The number of anilines is 1. The van der Waals surface area contributed by atoms with Crippen molar-refractivity contribution in [3.05, 3.63) is 22.5 Å². The molecule has 0 radical (unpaired) electrons. The third-order valence-electron chi connectivity index (χ3n) is 1.95. The lowest BCUT2D eigenvalue weighted by Gasteiger charge is -2.06.